The standard InChI is InChI=1S/C47H37N3O9/c1-4-20-47(21-22-48)42-35-18-9-7-16-33(35)34-17-8-10-19-36(34)43(42)50(38(46(55)56)25-41(53)54)44(47)29(2)12-11-13-30(3)45-49(40(58-28-52)26-57-27-51)37-23-31-14-5-6-15-32(31)24-39(37)59-45/h1,5-19,23-24,27-28,38,40H,20-21,25-26H2,2-3H3,(H-,53,54,55,56)/p+1. The van der Waals surface area contributed by atoms with Crippen LogP contribution in [0.4, 0.5) is 5.69 Å². The summed E-state index contributed by atoms with van der Waals surface area (Å²) in [5.41, 5.74) is 2.45. The highest BCUT2D eigenvalue weighted by molar-refractivity contribution is 6.18. The highest BCUT2D eigenvalue weighted by Gasteiger charge is 2.53. The first-order valence-corrected chi connectivity index (χ1v) is 18.7. The lowest BCUT2D eigenvalue weighted by molar-refractivity contribution is -0.740. The number of hydrogen-bond donors (Lipinski definition) is 2. The Morgan fingerprint density at radius 3 is 2.20 bits per heavy atom. The Morgan fingerprint density at radius 2 is 1.58 bits per heavy atom. The van der Waals surface area contributed by atoms with Gasteiger partial charge in [-0.05, 0) is 64.1 Å². The smallest absolute Gasteiger partial charge is 0.380 e. The van der Waals surface area contributed by atoms with E-state index < -0.39 is 36.0 Å². The van der Waals surface area contributed by atoms with Crippen LogP contribution in [0.15, 0.2) is 119 Å². The second kappa shape index (κ2) is 16.4. The second-order valence-corrected chi connectivity index (χ2v) is 14.2. The summed E-state index contributed by atoms with van der Waals surface area (Å²) in [7, 11) is 0. The molecule has 5 aromatic carbocycles. The fourth-order valence-corrected chi connectivity index (χ4v) is 8.51. The zero-order valence-electron chi connectivity index (χ0n) is 32.1. The fraction of sp³-hybridized carbons (Fsp3) is 0.191. The molecule has 1 aliphatic heterocycles. The molecule has 2 N–H and O–H groups in total. The summed E-state index contributed by atoms with van der Waals surface area (Å²) in [5, 5.41) is 36.3. The summed E-state index contributed by atoms with van der Waals surface area (Å²) in [6.07, 6.45) is 9.38. The van der Waals surface area contributed by atoms with Gasteiger partial charge in [-0.1, -0.05) is 84.9 Å². The lowest BCUT2D eigenvalue weighted by atomic mass is 9.71. The van der Waals surface area contributed by atoms with Crippen LogP contribution in [0, 0.1) is 23.7 Å². The van der Waals surface area contributed by atoms with Crippen LogP contribution in [0.2, 0.25) is 0 Å². The molecule has 0 spiro atoms. The third kappa shape index (κ3) is 6.91. The second-order valence-electron chi connectivity index (χ2n) is 14.2. The molecule has 2 heterocycles. The molecular weight excluding hydrogens is 751 g/mol. The molecule has 7 rings (SSSR count). The highest BCUT2D eigenvalue weighted by Crippen LogP contribution is 2.59. The SMILES string of the molecule is C#CCC1(CC#N)C(=C(C)C=CC=C(C)c2oc3cc4ccccc4cc3[n+]2C(COC=O)OC=O)N(C(CC(=O)O)C(=O)O)c2c1c1ccccc1c1ccccc21. The number of anilines is 1. The van der Waals surface area contributed by atoms with Crippen LogP contribution in [0.5, 0.6) is 0 Å². The average Bonchev–Trinajstić information content (AvgIpc) is 3.74. The number of benzene rings is 5. The van der Waals surface area contributed by atoms with Gasteiger partial charge in [0.25, 0.3) is 18.5 Å². The van der Waals surface area contributed by atoms with Crippen molar-refractivity contribution < 1.29 is 47.8 Å². The summed E-state index contributed by atoms with van der Waals surface area (Å²) >= 11 is 0. The Hall–Kier alpha value is -7.70. The van der Waals surface area contributed by atoms with Gasteiger partial charge in [0.15, 0.2) is 6.61 Å². The van der Waals surface area contributed by atoms with Gasteiger partial charge in [-0.25, -0.2) is 4.79 Å². The number of carbonyl (C=O) groups excluding carboxylic acids is 2. The van der Waals surface area contributed by atoms with Gasteiger partial charge in [0.2, 0.25) is 5.58 Å². The molecule has 0 saturated heterocycles. The maximum Gasteiger partial charge on any atom is 0.380 e. The highest BCUT2D eigenvalue weighted by atomic mass is 16.6. The molecule has 59 heavy (non-hydrogen) atoms. The van der Waals surface area contributed by atoms with E-state index >= 15 is 0 Å². The number of aliphatic carboxylic acids is 2. The fourth-order valence-electron chi connectivity index (χ4n) is 8.51. The number of oxazole rings is 1. The molecule has 0 saturated carbocycles. The molecule has 6 aromatic rings. The van der Waals surface area contributed by atoms with Crippen molar-refractivity contribution in [2.24, 2.45) is 0 Å². The maximum absolute atomic E-state index is 13.2. The van der Waals surface area contributed by atoms with Crippen LogP contribution < -0.4 is 9.47 Å². The zero-order chi connectivity index (χ0) is 41.8. The summed E-state index contributed by atoms with van der Waals surface area (Å²) in [4.78, 5) is 50.0. The third-order valence-corrected chi connectivity index (χ3v) is 10.8. The van der Waals surface area contributed by atoms with Gasteiger partial charge >= 0.3 is 24.1 Å². The number of carboxylic acids is 2. The van der Waals surface area contributed by atoms with E-state index in [4.69, 9.17) is 20.3 Å². The maximum atomic E-state index is 13.2. The quantitative estimate of drug-likeness (QED) is 0.0341. The van der Waals surface area contributed by atoms with Crippen molar-refractivity contribution in [1.29, 1.82) is 5.26 Å². The number of fused-ring (bicyclic) bond motifs is 8. The zero-order valence-corrected chi connectivity index (χ0v) is 32.1. The first kappa shape index (κ1) is 39.5. The molecule has 0 bridgehead atoms. The molecule has 1 aromatic heterocycles. The minimum atomic E-state index is -1.57. The van der Waals surface area contributed by atoms with Gasteiger partial charge < -0.3 is 29.0 Å². The van der Waals surface area contributed by atoms with Crippen molar-refractivity contribution in [2.45, 2.75) is 50.8 Å². The van der Waals surface area contributed by atoms with Gasteiger partial charge in [-0.2, -0.15) is 5.26 Å². The Balaban J connectivity index is 1.47. The molecule has 0 amide bonds. The monoisotopic (exact) mass is 788 g/mol. The van der Waals surface area contributed by atoms with Crippen LogP contribution in [0.1, 0.15) is 50.8 Å². The Morgan fingerprint density at radius 1 is 0.932 bits per heavy atom. The average molecular weight is 789 g/mol. The van der Waals surface area contributed by atoms with Gasteiger partial charge in [-0.3, -0.25) is 14.4 Å². The number of rotatable bonds is 15. The number of ether oxygens (including phenoxy) is 2. The largest absolute Gasteiger partial charge is 0.481 e. The van der Waals surface area contributed by atoms with Crippen molar-refractivity contribution in [1.82, 2.24) is 0 Å². The van der Waals surface area contributed by atoms with E-state index in [-0.39, 0.29) is 38.3 Å². The molecule has 3 unspecified atom stereocenters. The van der Waals surface area contributed by atoms with E-state index in [2.05, 4.69) is 12.0 Å². The van der Waals surface area contributed by atoms with Gasteiger partial charge in [0.05, 0.1) is 35.6 Å². The minimum Gasteiger partial charge on any atom is -0.481 e. The van der Waals surface area contributed by atoms with E-state index in [1.54, 1.807) is 41.5 Å². The Bertz CT molecular complexity index is 2860. The van der Waals surface area contributed by atoms with Crippen molar-refractivity contribution in [3.8, 4) is 18.4 Å². The van der Waals surface area contributed by atoms with Crippen LogP contribution in [-0.2, 0) is 34.1 Å². The number of allylic oxidation sites excluding steroid dienone is 6. The first-order chi connectivity index (χ1) is 28.6. The summed E-state index contributed by atoms with van der Waals surface area (Å²) in [5.74, 6) is 0.387. The van der Waals surface area contributed by atoms with Crippen LogP contribution >= 0.6 is 0 Å². The Kier molecular flexibility index (Phi) is 11.0. The summed E-state index contributed by atoms with van der Waals surface area (Å²) in [6.45, 7) is 3.78. The number of hydrogen-bond acceptors (Lipinski definition) is 9. The molecule has 294 valence electrons. The van der Waals surface area contributed by atoms with Gasteiger partial charge in [0, 0.05) is 23.6 Å². The van der Waals surface area contributed by atoms with Crippen LogP contribution in [-0.4, -0.2) is 47.7 Å². The van der Waals surface area contributed by atoms with Crippen LogP contribution in [0.3, 0.4) is 0 Å². The lowest BCUT2D eigenvalue weighted by Crippen LogP contribution is -2.45. The molecule has 12 heteroatoms. The number of terminal acetylenes is 1. The predicted molar refractivity (Wildman–Crippen MR) is 221 cm³/mol. The molecule has 0 fully saturated rings. The minimum absolute atomic E-state index is 0.00943. The molecule has 12 nitrogen and oxygen atoms in total. The number of nitrogens with zero attached hydrogens (tertiary/aromatic N) is 3. The normalized spacial score (nSPS) is 17.1. The van der Waals surface area contributed by atoms with Crippen molar-refractivity contribution in [3.05, 3.63) is 126 Å². The molecular formula is C47H38N3O9+. The number of carbonyl (C=O) groups is 4. The number of carboxylic acid groups (broad SMARTS) is 2. The van der Waals surface area contributed by atoms with E-state index in [0.717, 1.165) is 26.9 Å². The number of nitriles is 1. The molecule has 0 aliphatic carbocycles. The van der Waals surface area contributed by atoms with E-state index in [1.807, 2.05) is 84.9 Å². The van der Waals surface area contributed by atoms with Gasteiger partial charge in [-0.15, -0.1) is 16.9 Å². The third-order valence-electron chi connectivity index (χ3n) is 10.8. The molecule has 1 aliphatic rings. The molecule has 3 atom stereocenters. The van der Waals surface area contributed by atoms with E-state index in [9.17, 15) is 34.7 Å². The van der Waals surface area contributed by atoms with Crippen LogP contribution in [0.25, 0.3) is 49.0 Å². The summed E-state index contributed by atoms with van der Waals surface area (Å²) < 4.78 is 18.5. The topological polar surface area (TPSA) is 171 Å². The van der Waals surface area contributed by atoms with Crippen molar-refractivity contribution >= 4 is 79.6 Å². The van der Waals surface area contributed by atoms with Gasteiger partial charge in [0.1, 0.15) is 6.04 Å². The molecule has 0 radical (unpaired) electrons. The van der Waals surface area contributed by atoms with Crippen molar-refractivity contribution in [2.75, 3.05) is 11.5 Å². The predicted octanol–water partition coefficient (Wildman–Crippen LogP) is 7.88. The summed E-state index contributed by atoms with van der Waals surface area (Å²) in [6, 6.07) is 27.3. The van der Waals surface area contributed by atoms with E-state index in [1.165, 1.54) is 0 Å². The Labute approximate surface area is 338 Å². The number of aromatic nitrogens is 1. The van der Waals surface area contributed by atoms with Crippen molar-refractivity contribution in [3.63, 3.8) is 0 Å². The lowest BCUT2D eigenvalue weighted by Gasteiger charge is -2.35. The first-order valence-electron chi connectivity index (χ1n) is 18.7. The van der Waals surface area contributed by atoms with E-state index in [0.29, 0.717) is 44.6 Å².